The Hall–Kier alpha value is 0.740. The number of benzene rings is 1. The van der Waals surface area contributed by atoms with Crippen LogP contribution >= 0.6 is 0 Å². The number of amides is 3. The molecule has 0 aliphatic heterocycles. The molecule has 8 nitrogen and oxygen atoms in total. The largest absolute Gasteiger partial charge is 1.00 e. The van der Waals surface area contributed by atoms with Gasteiger partial charge in [0.2, 0.25) is 0 Å². The van der Waals surface area contributed by atoms with E-state index in [4.69, 9.17) is 4.74 Å². The van der Waals surface area contributed by atoms with Crippen LogP contribution < -0.4 is 127 Å². The van der Waals surface area contributed by atoms with Crippen LogP contribution in [0.15, 0.2) is 35.5 Å². The van der Waals surface area contributed by atoms with E-state index in [9.17, 15) is 14.4 Å². The van der Waals surface area contributed by atoms with Gasteiger partial charge < -0.3 is 30.8 Å². The molecule has 3 amide bonds. The maximum Gasteiger partial charge on any atom is 1.00 e. The molecule has 2 N–H and O–H groups in total. The minimum atomic E-state index is -0.339. The van der Waals surface area contributed by atoms with Crippen molar-refractivity contribution in [3.05, 3.63) is 57.3 Å². The van der Waals surface area contributed by atoms with Gasteiger partial charge in [-0.1, -0.05) is 49.7 Å². The molecule has 0 saturated carbocycles. The van der Waals surface area contributed by atoms with E-state index in [-0.39, 0.29) is 147 Å². The van der Waals surface area contributed by atoms with Crippen LogP contribution in [-0.4, -0.2) is 51.1 Å². The molecule has 0 bridgehead atoms. The van der Waals surface area contributed by atoms with Gasteiger partial charge in [0.05, 0.1) is 12.5 Å². The van der Waals surface area contributed by atoms with Crippen LogP contribution in [0.25, 0.3) is 10.6 Å². The fourth-order valence-corrected chi connectivity index (χ4v) is 3.39. The first kappa shape index (κ1) is 34.7. The minimum absolute atomic E-state index is 0. The molecule has 1 aliphatic carbocycles. The predicted molar refractivity (Wildman–Crippen MR) is 125 cm³/mol. The molecule has 10 heteroatoms. The minimum Gasteiger partial charge on any atom is -0.648 e. The van der Waals surface area contributed by atoms with E-state index in [1.165, 1.54) is 0 Å². The van der Waals surface area contributed by atoms with Gasteiger partial charge in [0.1, 0.15) is 0 Å². The number of Topliss-reactive ketones (excluding diaryl/α,β-unsaturated/α-hetero) is 1. The Morgan fingerprint density at radius 1 is 1.03 bits per heavy atom. The average molecular weight is 613 g/mol. The molecular weight excluding hydrogens is 579 g/mol. The third kappa shape index (κ3) is 13.3. The van der Waals surface area contributed by atoms with Gasteiger partial charge in [-0.05, 0) is 38.6 Å². The second-order valence-electron chi connectivity index (χ2n) is 7.67. The van der Waals surface area contributed by atoms with Crippen molar-refractivity contribution in [1.82, 2.24) is 10.6 Å². The summed E-state index contributed by atoms with van der Waals surface area (Å²) in [6.45, 7) is 3.44. The number of nitrogens with one attached hydrogen (secondary N) is 2. The zero-order valence-corrected chi connectivity index (χ0v) is 30.9. The van der Waals surface area contributed by atoms with Crippen molar-refractivity contribution in [1.29, 1.82) is 0 Å². The number of hydrogen-bond donors (Lipinski definition) is 2. The number of urea groups is 1. The zero-order valence-electron chi connectivity index (χ0n) is 21.1. The van der Waals surface area contributed by atoms with Gasteiger partial charge in [-0.25, -0.2) is 0 Å². The van der Waals surface area contributed by atoms with E-state index in [1.807, 2.05) is 26.1 Å². The van der Waals surface area contributed by atoms with Gasteiger partial charge in [-0.3, -0.25) is 9.59 Å². The molecule has 2 rings (SSSR count). The smallest absolute Gasteiger partial charge is 0.648 e. The second-order valence-corrected chi connectivity index (χ2v) is 7.67. The molecule has 34 heavy (non-hydrogen) atoms. The van der Waals surface area contributed by atoms with E-state index in [0.29, 0.717) is 31.7 Å². The number of rotatable bonds is 13. The van der Waals surface area contributed by atoms with Crippen LogP contribution in [0.3, 0.4) is 0 Å². The Morgan fingerprint density at radius 2 is 1.74 bits per heavy atom. The maximum absolute atomic E-state index is 12.8. The Balaban J connectivity index is 0.00000544. The molecule has 0 radical (unpaired) electrons. The van der Waals surface area contributed by atoms with Crippen LogP contribution in [0.1, 0.15) is 61.4 Å². The van der Waals surface area contributed by atoms with Crippen molar-refractivity contribution < 1.29 is 135 Å². The molecule has 0 heterocycles. The number of nitrogens with zero attached hydrogens (tertiary/aromatic N) is 2. The summed E-state index contributed by atoms with van der Waals surface area (Å²) in [6, 6.07) is 6.94. The summed E-state index contributed by atoms with van der Waals surface area (Å²) in [5, 5.41) is 13.7. The normalized spacial score (nSPS) is 12.6. The van der Waals surface area contributed by atoms with Crippen molar-refractivity contribution in [3.63, 3.8) is 0 Å². The van der Waals surface area contributed by atoms with Crippen LogP contribution in [0.2, 0.25) is 0 Å². The fourth-order valence-electron chi connectivity index (χ4n) is 3.39. The Kier molecular flexibility index (Phi) is 21.2. The molecule has 176 valence electrons. The van der Waals surface area contributed by atoms with Crippen molar-refractivity contribution in [2.45, 2.75) is 52.0 Å². The first-order valence-corrected chi connectivity index (χ1v) is 11.3. The number of allylic oxidation sites excluding steroid dienone is 2. The second kappa shape index (κ2) is 20.8. The number of carbonyl (C=O) groups is 3. The van der Waals surface area contributed by atoms with Gasteiger partial charge >= 0.3 is 116 Å². The third-order valence-electron chi connectivity index (χ3n) is 5.15. The molecule has 0 spiro atoms. The Labute approximate surface area is 301 Å². The first-order chi connectivity index (χ1) is 15.5. The first-order valence-electron chi connectivity index (χ1n) is 11.3. The zero-order chi connectivity index (χ0) is 23.2. The summed E-state index contributed by atoms with van der Waals surface area (Å²) in [4.78, 5) is 36.0. The topological polar surface area (TPSA) is 113 Å². The van der Waals surface area contributed by atoms with E-state index in [1.54, 1.807) is 12.1 Å². The van der Waals surface area contributed by atoms with E-state index in [2.05, 4.69) is 21.3 Å². The summed E-state index contributed by atoms with van der Waals surface area (Å²) in [5.74, 6) is -0.273. The summed E-state index contributed by atoms with van der Waals surface area (Å²) in [5.41, 5.74) is 3.43. The SMILES string of the molecule is CCCNC(=O)[N-]CCCOCC(=O)[N-]Cc1ccc(C(=O)C2=C(NC)CCCC2)cc1.[Rb+].[Rb+]. The Bertz CT molecular complexity index is 801. The van der Waals surface area contributed by atoms with Gasteiger partial charge in [-0.15, -0.1) is 6.54 Å². The van der Waals surface area contributed by atoms with Gasteiger partial charge in [0.15, 0.2) is 11.8 Å². The molecule has 0 fully saturated rings. The van der Waals surface area contributed by atoms with Gasteiger partial charge in [0.25, 0.3) is 0 Å². The number of ether oxygens (including phenoxy) is 1. The molecule has 0 unspecified atom stereocenters. The molecule has 0 atom stereocenters. The van der Waals surface area contributed by atoms with Crippen LogP contribution in [0.4, 0.5) is 4.79 Å². The summed E-state index contributed by atoms with van der Waals surface area (Å²) in [6.07, 6.45) is 5.30. The molecule has 0 aromatic heterocycles. The van der Waals surface area contributed by atoms with Crippen molar-refractivity contribution >= 4 is 17.7 Å². The summed E-state index contributed by atoms with van der Waals surface area (Å²) < 4.78 is 5.29. The van der Waals surface area contributed by atoms with Crippen LogP contribution in [0.5, 0.6) is 0 Å². The van der Waals surface area contributed by atoms with Crippen molar-refractivity contribution in [2.75, 3.05) is 33.4 Å². The molecule has 1 aromatic rings. The molecule has 1 aromatic carbocycles. The van der Waals surface area contributed by atoms with Crippen molar-refractivity contribution in [2.24, 2.45) is 0 Å². The summed E-state index contributed by atoms with van der Waals surface area (Å²) in [7, 11) is 1.86. The predicted octanol–water partition coefficient (Wildman–Crippen LogP) is -1.77. The number of ketones is 1. The monoisotopic (exact) mass is 612 g/mol. The van der Waals surface area contributed by atoms with Crippen molar-refractivity contribution in [3.8, 4) is 0 Å². The van der Waals surface area contributed by atoms with E-state index >= 15 is 0 Å². The summed E-state index contributed by atoms with van der Waals surface area (Å²) >= 11 is 0. The van der Waals surface area contributed by atoms with Crippen LogP contribution in [0, 0.1) is 0 Å². The molecule has 0 saturated heterocycles. The molecular formula is C24H34N4O4Rb2. The number of carbonyl (C=O) groups excluding carboxylic acids is 3. The number of hydrogen-bond acceptors (Lipinski definition) is 5. The van der Waals surface area contributed by atoms with E-state index in [0.717, 1.165) is 48.9 Å². The van der Waals surface area contributed by atoms with Crippen LogP contribution in [-0.2, 0) is 16.1 Å². The molecule has 1 aliphatic rings. The van der Waals surface area contributed by atoms with Gasteiger partial charge in [-0.2, -0.15) is 0 Å². The maximum atomic E-state index is 12.8. The van der Waals surface area contributed by atoms with Gasteiger partial charge in [0, 0.05) is 30.5 Å². The average Bonchev–Trinajstić information content (AvgIpc) is 2.83. The third-order valence-corrected chi connectivity index (χ3v) is 5.15. The standard InChI is InChI=1S/C24H36N4O4.2Rb/c1-3-13-26-24(31)27-14-6-15-32-17-22(29)28-16-18-9-11-19(12-10-18)23(30)20-7-4-5-8-21(20)25-2;;/h9-12H,3-8,13-17H2,1-2H3,(H4,25,26,27,28,29,30,31);;/q;2*+1/p-2. The quantitative estimate of drug-likeness (QED) is 0.202. The Morgan fingerprint density at radius 3 is 2.41 bits per heavy atom. The fraction of sp³-hybridized carbons (Fsp3) is 0.542. The van der Waals surface area contributed by atoms with E-state index < -0.39 is 0 Å².